The summed E-state index contributed by atoms with van der Waals surface area (Å²) in [6.07, 6.45) is 8.35. The van der Waals surface area contributed by atoms with Crippen molar-refractivity contribution in [2.45, 2.75) is 26.2 Å². The SMILES string of the molecule is Cc1cc(-n2ccc(N3CCCCC3)c2)ccc1N. The first kappa shape index (κ1) is 12.2. The number of hydrogen-bond acceptors (Lipinski definition) is 2. The molecule has 0 aliphatic carbocycles. The number of aryl methyl sites for hydroxylation is 1. The van der Waals surface area contributed by atoms with Crippen LogP contribution in [-0.4, -0.2) is 17.7 Å². The Morgan fingerprint density at radius 1 is 1.00 bits per heavy atom. The minimum Gasteiger partial charge on any atom is -0.399 e. The monoisotopic (exact) mass is 255 g/mol. The topological polar surface area (TPSA) is 34.2 Å². The maximum atomic E-state index is 5.87. The summed E-state index contributed by atoms with van der Waals surface area (Å²) in [6, 6.07) is 8.39. The second-order valence-electron chi connectivity index (χ2n) is 5.37. The van der Waals surface area contributed by atoms with Crippen LogP contribution in [0.15, 0.2) is 36.7 Å². The van der Waals surface area contributed by atoms with E-state index in [2.05, 4.69) is 40.1 Å². The van der Waals surface area contributed by atoms with Crippen molar-refractivity contribution in [3.05, 3.63) is 42.2 Å². The summed E-state index contributed by atoms with van der Waals surface area (Å²) < 4.78 is 2.18. The van der Waals surface area contributed by atoms with Crippen LogP contribution in [0, 0.1) is 6.92 Å². The lowest BCUT2D eigenvalue weighted by Gasteiger charge is -2.27. The summed E-state index contributed by atoms with van der Waals surface area (Å²) in [5, 5.41) is 0. The largest absolute Gasteiger partial charge is 0.399 e. The van der Waals surface area contributed by atoms with E-state index in [1.165, 1.54) is 43.7 Å². The number of nitrogens with zero attached hydrogens (tertiary/aromatic N) is 2. The van der Waals surface area contributed by atoms with Crippen molar-refractivity contribution < 1.29 is 0 Å². The number of benzene rings is 1. The molecule has 19 heavy (non-hydrogen) atoms. The van der Waals surface area contributed by atoms with Gasteiger partial charge in [-0.15, -0.1) is 0 Å². The highest BCUT2D eigenvalue weighted by molar-refractivity contribution is 5.54. The molecule has 0 atom stereocenters. The number of hydrogen-bond donors (Lipinski definition) is 1. The molecule has 1 aromatic carbocycles. The van der Waals surface area contributed by atoms with E-state index in [1.807, 2.05) is 13.0 Å². The molecular formula is C16H21N3. The standard InChI is InChI=1S/C16H21N3/c1-13-11-14(5-6-16(13)17)19-10-7-15(12-19)18-8-3-2-4-9-18/h5-7,10-12H,2-4,8-9,17H2,1H3. The van der Waals surface area contributed by atoms with Gasteiger partial charge in [0.1, 0.15) is 0 Å². The van der Waals surface area contributed by atoms with E-state index in [0.29, 0.717) is 0 Å². The van der Waals surface area contributed by atoms with Gasteiger partial charge < -0.3 is 15.2 Å². The maximum absolute atomic E-state index is 5.87. The molecule has 0 spiro atoms. The molecule has 3 rings (SSSR count). The van der Waals surface area contributed by atoms with Gasteiger partial charge in [0.15, 0.2) is 0 Å². The van der Waals surface area contributed by atoms with Gasteiger partial charge in [0.05, 0.1) is 5.69 Å². The van der Waals surface area contributed by atoms with Crippen molar-refractivity contribution >= 4 is 11.4 Å². The van der Waals surface area contributed by atoms with Crippen LogP contribution in [0.3, 0.4) is 0 Å². The first-order valence-corrected chi connectivity index (χ1v) is 7.03. The van der Waals surface area contributed by atoms with Crippen LogP contribution < -0.4 is 10.6 Å². The molecule has 0 amide bonds. The first-order chi connectivity index (χ1) is 9.24. The Balaban J connectivity index is 1.85. The van der Waals surface area contributed by atoms with E-state index >= 15 is 0 Å². The Bertz CT molecular complexity index is 565. The predicted octanol–water partition coefficient (Wildman–Crippen LogP) is 3.36. The summed E-state index contributed by atoms with van der Waals surface area (Å²) >= 11 is 0. The Morgan fingerprint density at radius 2 is 1.79 bits per heavy atom. The quantitative estimate of drug-likeness (QED) is 0.835. The Morgan fingerprint density at radius 3 is 2.53 bits per heavy atom. The zero-order chi connectivity index (χ0) is 13.2. The van der Waals surface area contributed by atoms with Crippen LogP contribution >= 0.6 is 0 Å². The molecular weight excluding hydrogens is 234 g/mol. The molecule has 2 aromatic rings. The van der Waals surface area contributed by atoms with Crippen molar-refractivity contribution in [2.24, 2.45) is 0 Å². The summed E-state index contributed by atoms with van der Waals surface area (Å²) in [7, 11) is 0. The van der Waals surface area contributed by atoms with E-state index in [1.54, 1.807) is 0 Å². The van der Waals surface area contributed by atoms with E-state index in [4.69, 9.17) is 5.73 Å². The van der Waals surface area contributed by atoms with Gasteiger partial charge in [0.2, 0.25) is 0 Å². The molecule has 1 aliphatic rings. The molecule has 1 saturated heterocycles. The van der Waals surface area contributed by atoms with Crippen molar-refractivity contribution in [2.75, 3.05) is 23.7 Å². The van der Waals surface area contributed by atoms with Crippen LogP contribution in [0.25, 0.3) is 5.69 Å². The third-order valence-electron chi connectivity index (χ3n) is 3.95. The fourth-order valence-corrected chi connectivity index (χ4v) is 2.71. The van der Waals surface area contributed by atoms with Gasteiger partial charge >= 0.3 is 0 Å². The lowest BCUT2D eigenvalue weighted by molar-refractivity contribution is 0.578. The molecule has 0 radical (unpaired) electrons. The molecule has 0 unspecified atom stereocenters. The highest BCUT2D eigenvalue weighted by Gasteiger charge is 2.12. The number of nitrogens with two attached hydrogens (primary N) is 1. The molecule has 0 saturated carbocycles. The summed E-state index contributed by atoms with van der Waals surface area (Å²) in [6.45, 7) is 4.42. The van der Waals surface area contributed by atoms with Gasteiger partial charge in [-0.1, -0.05) is 0 Å². The van der Waals surface area contributed by atoms with Crippen LogP contribution in [0.2, 0.25) is 0 Å². The zero-order valence-electron chi connectivity index (χ0n) is 11.5. The Kier molecular flexibility index (Phi) is 3.20. The van der Waals surface area contributed by atoms with Crippen molar-refractivity contribution in [3.8, 4) is 5.69 Å². The predicted molar refractivity (Wildman–Crippen MR) is 81.0 cm³/mol. The minimum absolute atomic E-state index is 0.854. The van der Waals surface area contributed by atoms with E-state index in [0.717, 1.165) is 11.3 Å². The highest BCUT2D eigenvalue weighted by atomic mass is 15.1. The second-order valence-corrected chi connectivity index (χ2v) is 5.37. The van der Waals surface area contributed by atoms with E-state index in [9.17, 15) is 0 Å². The Labute approximate surface area is 114 Å². The first-order valence-electron chi connectivity index (χ1n) is 7.03. The van der Waals surface area contributed by atoms with Crippen LogP contribution in [0.5, 0.6) is 0 Å². The van der Waals surface area contributed by atoms with Crippen molar-refractivity contribution in [1.29, 1.82) is 0 Å². The van der Waals surface area contributed by atoms with Gasteiger partial charge in [-0.25, -0.2) is 0 Å². The third kappa shape index (κ3) is 2.46. The van der Waals surface area contributed by atoms with Gasteiger partial charge in [0, 0.05) is 36.9 Å². The number of anilines is 2. The molecule has 0 bridgehead atoms. The van der Waals surface area contributed by atoms with Gasteiger partial charge in [0.25, 0.3) is 0 Å². The fraction of sp³-hybridized carbons (Fsp3) is 0.375. The van der Waals surface area contributed by atoms with Gasteiger partial charge in [-0.2, -0.15) is 0 Å². The van der Waals surface area contributed by atoms with Crippen LogP contribution in [0.1, 0.15) is 24.8 Å². The lowest BCUT2D eigenvalue weighted by atomic mass is 10.1. The number of piperidine rings is 1. The molecule has 3 heteroatoms. The summed E-state index contributed by atoms with van der Waals surface area (Å²) in [4.78, 5) is 2.48. The molecule has 2 heterocycles. The van der Waals surface area contributed by atoms with Gasteiger partial charge in [-0.3, -0.25) is 0 Å². The normalized spacial score (nSPS) is 15.7. The maximum Gasteiger partial charge on any atom is 0.0550 e. The van der Waals surface area contributed by atoms with Crippen molar-refractivity contribution in [1.82, 2.24) is 4.57 Å². The third-order valence-corrected chi connectivity index (χ3v) is 3.95. The van der Waals surface area contributed by atoms with E-state index in [-0.39, 0.29) is 0 Å². The smallest absolute Gasteiger partial charge is 0.0550 e. The summed E-state index contributed by atoms with van der Waals surface area (Å²) in [5.74, 6) is 0. The average molecular weight is 255 g/mol. The van der Waals surface area contributed by atoms with Crippen LogP contribution in [0.4, 0.5) is 11.4 Å². The molecule has 3 nitrogen and oxygen atoms in total. The minimum atomic E-state index is 0.854. The fourth-order valence-electron chi connectivity index (χ4n) is 2.71. The van der Waals surface area contributed by atoms with Crippen LogP contribution in [-0.2, 0) is 0 Å². The van der Waals surface area contributed by atoms with E-state index < -0.39 is 0 Å². The number of aromatic nitrogens is 1. The zero-order valence-corrected chi connectivity index (χ0v) is 11.5. The second kappa shape index (κ2) is 5.00. The molecule has 1 aliphatic heterocycles. The van der Waals surface area contributed by atoms with Crippen molar-refractivity contribution in [3.63, 3.8) is 0 Å². The highest BCUT2D eigenvalue weighted by Crippen LogP contribution is 2.23. The lowest BCUT2D eigenvalue weighted by Crippen LogP contribution is -2.28. The number of rotatable bonds is 2. The molecule has 1 aromatic heterocycles. The van der Waals surface area contributed by atoms with Gasteiger partial charge in [-0.05, 0) is 56.0 Å². The summed E-state index contributed by atoms with van der Waals surface area (Å²) in [5.41, 5.74) is 10.4. The molecule has 2 N–H and O–H groups in total. The Hall–Kier alpha value is -1.90. The molecule has 1 fully saturated rings. The average Bonchev–Trinajstić information content (AvgIpc) is 2.93. The number of nitrogen functional groups attached to an aromatic ring is 1. The molecule has 100 valence electrons.